The number of anilines is 2. The highest BCUT2D eigenvalue weighted by atomic mass is 16.6. The summed E-state index contributed by atoms with van der Waals surface area (Å²) in [5.41, 5.74) is 2.19. The fourth-order valence-electron chi connectivity index (χ4n) is 2.78. The van der Waals surface area contributed by atoms with Crippen molar-refractivity contribution < 1.29 is 9.53 Å². The van der Waals surface area contributed by atoms with E-state index in [0.717, 1.165) is 24.2 Å². The highest BCUT2D eigenvalue weighted by molar-refractivity contribution is 5.76. The summed E-state index contributed by atoms with van der Waals surface area (Å²) in [4.78, 5) is 13.5. The molecule has 0 aliphatic carbocycles. The van der Waals surface area contributed by atoms with Gasteiger partial charge in [-0.2, -0.15) is 0 Å². The van der Waals surface area contributed by atoms with Gasteiger partial charge in [0.2, 0.25) is 0 Å². The molecule has 5 heteroatoms. The molecule has 3 rings (SSSR count). The highest BCUT2D eigenvalue weighted by Crippen LogP contribution is 2.38. The SMILES string of the molecule is CCOC(=O)N1CCC2(CC1)Nc1ccccc1N2. The van der Waals surface area contributed by atoms with Crippen LogP contribution in [0.25, 0.3) is 0 Å². The Labute approximate surface area is 112 Å². The molecular formula is C14H19N3O2. The summed E-state index contributed by atoms with van der Waals surface area (Å²) >= 11 is 0. The lowest BCUT2D eigenvalue weighted by Crippen LogP contribution is -2.53. The Bertz CT molecular complexity index is 454. The zero-order chi connectivity index (χ0) is 13.3. The number of nitrogens with one attached hydrogen (secondary N) is 2. The van der Waals surface area contributed by atoms with Gasteiger partial charge in [0.15, 0.2) is 0 Å². The summed E-state index contributed by atoms with van der Waals surface area (Å²) in [6, 6.07) is 8.21. The lowest BCUT2D eigenvalue weighted by molar-refractivity contribution is 0.0928. The standard InChI is InChI=1S/C14H19N3O2/c1-2-19-13(18)17-9-7-14(8-10-17)15-11-5-3-4-6-12(11)16-14/h3-6,15-16H,2,7-10H2,1H3. The van der Waals surface area contributed by atoms with E-state index in [0.29, 0.717) is 19.7 Å². The molecule has 2 N–H and O–H groups in total. The van der Waals surface area contributed by atoms with Crippen molar-refractivity contribution in [2.45, 2.75) is 25.4 Å². The van der Waals surface area contributed by atoms with Gasteiger partial charge in [0, 0.05) is 25.9 Å². The summed E-state index contributed by atoms with van der Waals surface area (Å²) in [6.07, 6.45) is 1.55. The van der Waals surface area contributed by atoms with Gasteiger partial charge in [-0.05, 0) is 19.1 Å². The van der Waals surface area contributed by atoms with E-state index in [4.69, 9.17) is 4.74 Å². The van der Waals surface area contributed by atoms with Crippen molar-refractivity contribution in [3.8, 4) is 0 Å². The van der Waals surface area contributed by atoms with Crippen molar-refractivity contribution in [2.75, 3.05) is 30.3 Å². The molecule has 19 heavy (non-hydrogen) atoms. The first-order valence-corrected chi connectivity index (χ1v) is 6.79. The van der Waals surface area contributed by atoms with E-state index in [9.17, 15) is 4.79 Å². The lowest BCUT2D eigenvalue weighted by Gasteiger charge is -2.39. The zero-order valence-corrected chi connectivity index (χ0v) is 11.1. The van der Waals surface area contributed by atoms with Crippen molar-refractivity contribution >= 4 is 17.5 Å². The molecule has 0 radical (unpaired) electrons. The Kier molecular flexibility index (Phi) is 2.97. The van der Waals surface area contributed by atoms with Crippen molar-refractivity contribution in [3.05, 3.63) is 24.3 Å². The molecule has 1 amide bonds. The number of ether oxygens (including phenoxy) is 1. The van der Waals surface area contributed by atoms with Crippen LogP contribution in [-0.4, -0.2) is 36.4 Å². The molecule has 1 spiro atoms. The molecule has 1 aromatic rings. The van der Waals surface area contributed by atoms with Gasteiger partial charge in [0.25, 0.3) is 0 Å². The molecule has 5 nitrogen and oxygen atoms in total. The van der Waals surface area contributed by atoms with Crippen LogP contribution in [0, 0.1) is 0 Å². The number of hydrogen-bond acceptors (Lipinski definition) is 4. The summed E-state index contributed by atoms with van der Waals surface area (Å²) in [6.45, 7) is 3.70. The molecule has 0 unspecified atom stereocenters. The molecule has 1 fully saturated rings. The minimum atomic E-state index is -0.201. The van der Waals surface area contributed by atoms with Crippen molar-refractivity contribution in [1.29, 1.82) is 0 Å². The number of piperidine rings is 1. The van der Waals surface area contributed by atoms with E-state index in [1.165, 1.54) is 0 Å². The number of carbonyl (C=O) groups is 1. The van der Waals surface area contributed by atoms with E-state index in [1.807, 2.05) is 19.1 Å². The minimum absolute atomic E-state index is 0.104. The average molecular weight is 261 g/mol. The summed E-state index contributed by atoms with van der Waals surface area (Å²) in [5, 5.41) is 7.10. The molecule has 2 aliphatic heterocycles. The smallest absolute Gasteiger partial charge is 0.409 e. The molecule has 2 aliphatic rings. The maximum atomic E-state index is 11.7. The van der Waals surface area contributed by atoms with E-state index in [-0.39, 0.29) is 11.8 Å². The zero-order valence-electron chi connectivity index (χ0n) is 11.1. The van der Waals surface area contributed by atoms with Gasteiger partial charge >= 0.3 is 6.09 Å². The van der Waals surface area contributed by atoms with Gasteiger partial charge < -0.3 is 20.3 Å². The number of amides is 1. The van der Waals surface area contributed by atoms with E-state index in [1.54, 1.807) is 4.90 Å². The third-order valence-corrected chi connectivity index (χ3v) is 3.82. The Morgan fingerprint density at radius 1 is 1.26 bits per heavy atom. The van der Waals surface area contributed by atoms with Gasteiger partial charge in [-0.15, -0.1) is 0 Å². The second-order valence-electron chi connectivity index (χ2n) is 5.06. The fourth-order valence-corrected chi connectivity index (χ4v) is 2.78. The Balaban J connectivity index is 1.64. The van der Waals surface area contributed by atoms with Crippen LogP contribution in [0.2, 0.25) is 0 Å². The normalized spacial score (nSPS) is 19.5. The number of hydrogen-bond donors (Lipinski definition) is 2. The number of likely N-dealkylation sites (tertiary alicyclic amines) is 1. The highest BCUT2D eigenvalue weighted by Gasteiger charge is 2.40. The Morgan fingerprint density at radius 3 is 2.37 bits per heavy atom. The van der Waals surface area contributed by atoms with Gasteiger partial charge in [0.1, 0.15) is 5.66 Å². The van der Waals surface area contributed by atoms with Crippen LogP contribution in [0.4, 0.5) is 16.2 Å². The molecule has 1 saturated heterocycles. The monoisotopic (exact) mass is 261 g/mol. The average Bonchev–Trinajstić information content (AvgIpc) is 2.77. The van der Waals surface area contributed by atoms with Crippen molar-refractivity contribution in [1.82, 2.24) is 4.90 Å². The maximum Gasteiger partial charge on any atom is 0.409 e. The van der Waals surface area contributed by atoms with Crippen LogP contribution in [-0.2, 0) is 4.74 Å². The predicted molar refractivity (Wildman–Crippen MR) is 74.2 cm³/mol. The van der Waals surface area contributed by atoms with E-state index >= 15 is 0 Å². The molecule has 0 atom stereocenters. The van der Waals surface area contributed by atoms with E-state index < -0.39 is 0 Å². The van der Waals surface area contributed by atoms with Crippen molar-refractivity contribution in [3.63, 3.8) is 0 Å². The van der Waals surface area contributed by atoms with Crippen molar-refractivity contribution in [2.24, 2.45) is 0 Å². The first-order valence-electron chi connectivity index (χ1n) is 6.79. The van der Waals surface area contributed by atoms with Gasteiger partial charge in [-0.1, -0.05) is 12.1 Å². The number of nitrogens with zero attached hydrogens (tertiary/aromatic N) is 1. The molecule has 1 aromatic carbocycles. The van der Waals surface area contributed by atoms with Crippen LogP contribution in [0.3, 0.4) is 0 Å². The number of fused-ring (bicyclic) bond motifs is 1. The molecule has 2 heterocycles. The summed E-state index contributed by atoms with van der Waals surface area (Å²) < 4.78 is 5.04. The summed E-state index contributed by atoms with van der Waals surface area (Å²) in [7, 11) is 0. The third kappa shape index (κ3) is 2.20. The largest absolute Gasteiger partial charge is 0.450 e. The fraction of sp³-hybridized carbons (Fsp3) is 0.500. The Morgan fingerprint density at radius 2 is 1.84 bits per heavy atom. The maximum absolute atomic E-state index is 11.7. The second-order valence-corrected chi connectivity index (χ2v) is 5.06. The van der Waals surface area contributed by atoms with E-state index in [2.05, 4.69) is 22.8 Å². The van der Waals surface area contributed by atoms with Crippen LogP contribution >= 0.6 is 0 Å². The Hall–Kier alpha value is -1.91. The van der Waals surface area contributed by atoms with Gasteiger partial charge in [0.05, 0.1) is 18.0 Å². The number of para-hydroxylation sites is 2. The van der Waals surface area contributed by atoms with Crippen LogP contribution < -0.4 is 10.6 Å². The topological polar surface area (TPSA) is 53.6 Å². The van der Waals surface area contributed by atoms with Crippen LogP contribution in [0.5, 0.6) is 0 Å². The molecule has 0 saturated carbocycles. The minimum Gasteiger partial charge on any atom is -0.450 e. The quantitative estimate of drug-likeness (QED) is 0.815. The summed E-state index contributed by atoms with van der Waals surface area (Å²) in [5.74, 6) is 0. The van der Waals surface area contributed by atoms with Crippen LogP contribution in [0.1, 0.15) is 19.8 Å². The molecule has 0 aromatic heterocycles. The molecular weight excluding hydrogens is 242 g/mol. The molecule has 102 valence electrons. The first kappa shape index (κ1) is 12.1. The van der Waals surface area contributed by atoms with Crippen LogP contribution in [0.15, 0.2) is 24.3 Å². The first-order chi connectivity index (χ1) is 9.22. The number of carbonyl (C=O) groups excluding carboxylic acids is 1. The third-order valence-electron chi connectivity index (χ3n) is 3.82. The second kappa shape index (κ2) is 4.64. The van der Waals surface area contributed by atoms with Gasteiger partial charge in [-0.25, -0.2) is 4.79 Å². The molecule has 0 bridgehead atoms. The number of benzene rings is 1. The number of rotatable bonds is 1. The predicted octanol–water partition coefficient (Wildman–Crippen LogP) is 2.47. The lowest BCUT2D eigenvalue weighted by atomic mass is 9.98. The van der Waals surface area contributed by atoms with Gasteiger partial charge in [-0.3, -0.25) is 0 Å².